The molecule has 0 radical (unpaired) electrons. The molecule has 2 N–H and O–H groups in total. The number of aliphatic hydroxyl groups excluding tert-OH is 1. The molecule has 1 unspecified atom stereocenters. The van der Waals surface area contributed by atoms with Gasteiger partial charge in [-0.3, -0.25) is 0 Å². The molecule has 0 spiro atoms. The van der Waals surface area contributed by atoms with E-state index in [1.54, 1.807) is 6.07 Å². The van der Waals surface area contributed by atoms with E-state index < -0.39 is 6.10 Å². The minimum absolute atomic E-state index is 0.272. The van der Waals surface area contributed by atoms with Crippen molar-refractivity contribution >= 4 is 11.6 Å². The van der Waals surface area contributed by atoms with Gasteiger partial charge in [-0.05, 0) is 17.7 Å². The number of aliphatic hydroxyl groups is 1. The van der Waals surface area contributed by atoms with Gasteiger partial charge in [-0.1, -0.05) is 28.9 Å². The zero-order valence-electron chi connectivity index (χ0n) is 11.0. The van der Waals surface area contributed by atoms with Gasteiger partial charge >= 0.3 is 0 Å². The topological polar surface area (TPSA) is 67.5 Å². The zero-order chi connectivity index (χ0) is 14.2. The normalized spacial score (nSPS) is 12.5. The molecule has 2 rings (SSSR count). The van der Waals surface area contributed by atoms with E-state index in [1.807, 2.05) is 24.3 Å². The van der Waals surface area contributed by atoms with Crippen molar-refractivity contribution in [3.63, 3.8) is 0 Å². The van der Waals surface area contributed by atoms with Crippen LogP contribution in [0.4, 0.5) is 0 Å². The Hall–Kier alpha value is -1.40. The van der Waals surface area contributed by atoms with Gasteiger partial charge in [0.05, 0.1) is 25.0 Å². The van der Waals surface area contributed by atoms with Crippen LogP contribution in [0, 0.1) is 0 Å². The van der Waals surface area contributed by atoms with Crippen LogP contribution in [-0.4, -0.2) is 29.5 Å². The van der Waals surface area contributed by atoms with E-state index in [4.69, 9.17) is 20.9 Å². The SMILES string of the molecule is OC(CNCc1ccon1)COCc1ccc(Cl)cc1. The van der Waals surface area contributed by atoms with E-state index in [9.17, 15) is 5.11 Å². The number of aromatic nitrogens is 1. The van der Waals surface area contributed by atoms with Crippen LogP contribution < -0.4 is 5.32 Å². The highest BCUT2D eigenvalue weighted by Gasteiger charge is 2.05. The first-order chi connectivity index (χ1) is 9.74. The molecule has 0 aliphatic carbocycles. The predicted octanol–water partition coefficient (Wildman–Crippen LogP) is 2.00. The summed E-state index contributed by atoms with van der Waals surface area (Å²) in [5, 5.41) is 17.3. The van der Waals surface area contributed by atoms with Gasteiger partial charge < -0.3 is 19.7 Å². The fraction of sp³-hybridized carbons (Fsp3) is 0.357. The van der Waals surface area contributed by atoms with Gasteiger partial charge in [0.2, 0.25) is 0 Å². The van der Waals surface area contributed by atoms with Crippen LogP contribution in [0.5, 0.6) is 0 Å². The maximum absolute atomic E-state index is 9.75. The molecule has 20 heavy (non-hydrogen) atoms. The van der Waals surface area contributed by atoms with E-state index in [0.717, 1.165) is 11.3 Å². The van der Waals surface area contributed by atoms with Crippen LogP contribution in [0.2, 0.25) is 5.02 Å². The van der Waals surface area contributed by atoms with Crippen molar-refractivity contribution in [2.24, 2.45) is 0 Å². The molecule has 0 saturated carbocycles. The van der Waals surface area contributed by atoms with Crippen molar-refractivity contribution in [3.05, 3.63) is 52.9 Å². The van der Waals surface area contributed by atoms with Gasteiger partial charge in [-0.15, -0.1) is 0 Å². The highest BCUT2D eigenvalue weighted by atomic mass is 35.5. The molecule has 1 aromatic heterocycles. The molecule has 1 heterocycles. The summed E-state index contributed by atoms with van der Waals surface area (Å²) in [6, 6.07) is 9.21. The van der Waals surface area contributed by atoms with Crippen LogP contribution in [-0.2, 0) is 17.9 Å². The van der Waals surface area contributed by atoms with Gasteiger partial charge in [0, 0.05) is 24.2 Å². The smallest absolute Gasteiger partial charge is 0.124 e. The molecule has 0 amide bonds. The second-order valence-corrected chi connectivity index (χ2v) is 4.85. The van der Waals surface area contributed by atoms with Crippen LogP contribution in [0.15, 0.2) is 41.1 Å². The lowest BCUT2D eigenvalue weighted by Gasteiger charge is -2.11. The number of rotatable bonds is 8. The Morgan fingerprint density at radius 1 is 1.30 bits per heavy atom. The van der Waals surface area contributed by atoms with E-state index in [0.29, 0.717) is 24.7 Å². The van der Waals surface area contributed by atoms with Crippen molar-refractivity contribution < 1.29 is 14.4 Å². The summed E-state index contributed by atoms with van der Waals surface area (Å²) in [6.07, 6.45) is 0.956. The van der Waals surface area contributed by atoms with Crippen LogP contribution >= 0.6 is 11.6 Å². The van der Waals surface area contributed by atoms with Crippen molar-refractivity contribution in [2.75, 3.05) is 13.2 Å². The highest BCUT2D eigenvalue weighted by Crippen LogP contribution is 2.10. The first-order valence-electron chi connectivity index (χ1n) is 6.34. The van der Waals surface area contributed by atoms with Crippen LogP contribution in [0.25, 0.3) is 0 Å². The van der Waals surface area contributed by atoms with Gasteiger partial charge in [-0.2, -0.15) is 0 Å². The minimum atomic E-state index is -0.561. The molecule has 0 aliphatic rings. The summed E-state index contributed by atoms with van der Waals surface area (Å²) in [5.74, 6) is 0. The van der Waals surface area contributed by atoms with Crippen LogP contribution in [0.1, 0.15) is 11.3 Å². The Balaban J connectivity index is 1.58. The number of halogens is 1. The lowest BCUT2D eigenvalue weighted by molar-refractivity contribution is 0.0287. The third-order valence-electron chi connectivity index (χ3n) is 2.67. The monoisotopic (exact) mass is 296 g/mol. The summed E-state index contributed by atoms with van der Waals surface area (Å²) >= 11 is 5.79. The molecule has 1 atom stereocenters. The number of hydrogen-bond acceptors (Lipinski definition) is 5. The second kappa shape index (κ2) is 8.01. The summed E-state index contributed by atoms with van der Waals surface area (Å²) in [4.78, 5) is 0. The Morgan fingerprint density at radius 2 is 2.10 bits per heavy atom. The molecule has 0 aliphatic heterocycles. The molecule has 0 saturated heterocycles. The third-order valence-corrected chi connectivity index (χ3v) is 2.92. The van der Waals surface area contributed by atoms with Gasteiger partial charge in [0.15, 0.2) is 0 Å². The predicted molar refractivity (Wildman–Crippen MR) is 75.3 cm³/mol. The molecule has 0 bridgehead atoms. The lowest BCUT2D eigenvalue weighted by Crippen LogP contribution is -2.30. The van der Waals surface area contributed by atoms with Crippen molar-refractivity contribution in [2.45, 2.75) is 19.3 Å². The van der Waals surface area contributed by atoms with Crippen molar-refractivity contribution in [1.82, 2.24) is 10.5 Å². The van der Waals surface area contributed by atoms with E-state index in [-0.39, 0.29) is 6.61 Å². The van der Waals surface area contributed by atoms with E-state index in [2.05, 4.69) is 10.5 Å². The number of nitrogens with zero attached hydrogens (tertiary/aromatic N) is 1. The first-order valence-corrected chi connectivity index (χ1v) is 6.72. The van der Waals surface area contributed by atoms with E-state index >= 15 is 0 Å². The fourth-order valence-electron chi connectivity index (χ4n) is 1.65. The minimum Gasteiger partial charge on any atom is -0.389 e. The summed E-state index contributed by atoms with van der Waals surface area (Å²) in [7, 11) is 0. The Kier molecular flexibility index (Phi) is 6.01. The zero-order valence-corrected chi connectivity index (χ0v) is 11.7. The lowest BCUT2D eigenvalue weighted by atomic mass is 10.2. The first kappa shape index (κ1) is 15.0. The summed E-state index contributed by atoms with van der Waals surface area (Å²) in [5.41, 5.74) is 1.83. The molecule has 108 valence electrons. The van der Waals surface area contributed by atoms with Gasteiger partial charge in [0.1, 0.15) is 6.26 Å². The van der Waals surface area contributed by atoms with Crippen molar-refractivity contribution in [3.8, 4) is 0 Å². The highest BCUT2D eigenvalue weighted by molar-refractivity contribution is 6.30. The second-order valence-electron chi connectivity index (χ2n) is 4.42. The fourth-order valence-corrected chi connectivity index (χ4v) is 1.77. The Bertz CT molecular complexity index is 488. The maximum Gasteiger partial charge on any atom is 0.124 e. The molecule has 6 heteroatoms. The molecular formula is C14H17ClN2O3. The molecule has 1 aromatic carbocycles. The standard InChI is InChI=1S/C14H17ClN2O3/c15-12-3-1-11(2-4-12)9-19-10-14(18)8-16-7-13-5-6-20-17-13/h1-6,14,16,18H,7-10H2. The largest absolute Gasteiger partial charge is 0.389 e. The average molecular weight is 297 g/mol. The quantitative estimate of drug-likeness (QED) is 0.780. The van der Waals surface area contributed by atoms with Crippen molar-refractivity contribution in [1.29, 1.82) is 0 Å². The number of ether oxygens (including phenoxy) is 1. The maximum atomic E-state index is 9.75. The van der Waals surface area contributed by atoms with Crippen LogP contribution in [0.3, 0.4) is 0 Å². The number of benzene rings is 1. The molecule has 0 fully saturated rings. The molecular weight excluding hydrogens is 280 g/mol. The third kappa shape index (κ3) is 5.30. The Morgan fingerprint density at radius 3 is 2.80 bits per heavy atom. The molecule has 5 nitrogen and oxygen atoms in total. The number of nitrogens with one attached hydrogen (secondary N) is 1. The van der Waals surface area contributed by atoms with Gasteiger partial charge in [0.25, 0.3) is 0 Å². The molecule has 2 aromatic rings. The average Bonchev–Trinajstić information content (AvgIpc) is 2.94. The summed E-state index contributed by atoms with van der Waals surface area (Å²) < 4.78 is 10.1. The Labute approximate surface area is 122 Å². The van der Waals surface area contributed by atoms with E-state index in [1.165, 1.54) is 6.26 Å². The van der Waals surface area contributed by atoms with Gasteiger partial charge in [-0.25, -0.2) is 0 Å². The summed E-state index contributed by atoms with van der Waals surface area (Å²) in [6.45, 7) is 1.73. The number of hydrogen-bond donors (Lipinski definition) is 2.